The van der Waals surface area contributed by atoms with Crippen molar-refractivity contribution in [1.82, 2.24) is 0 Å². The van der Waals surface area contributed by atoms with Crippen molar-refractivity contribution in [1.29, 1.82) is 0 Å². The van der Waals surface area contributed by atoms with Gasteiger partial charge in [-0.3, -0.25) is 0 Å². The van der Waals surface area contributed by atoms with Crippen LogP contribution in [0.4, 0.5) is 0 Å². The fourth-order valence-corrected chi connectivity index (χ4v) is 0.974. The topological polar surface area (TPSA) is 88.4 Å². The van der Waals surface area contributed by atoms with E-state index in [0.717, 1.165) is 0 Å². The van der Waals surface area contributed by atoms with Crippen LogP contribution in [0.5, 0.6) is 0 Å². The molecule has 0 bridgehead atoms. The highest BCUT2D eigenvalue weighted by atomic mass is 16.8. The van der Waals surface area contributed by atoms with Crippen LogP contribution in [0.2, 0.25) is 0 Å². The number of rotatable bonds is 3. The van der Waals surface area contributed by atoms with E-state index < -0.39 is 31.4 Å². The van der Waals surface area contributed by atoms with Crippen molar-refractivity contribution in [2.24, 2.45) is 0 Å². The molecule has 1 fully saturated rings. The molecule has 0 aliphatic carbocycles. The van der Waals surface area contributed by atoms with E-state index in [0.29, 0.717) is 0 Å². The fourth-order valence-electron chi connectivity index (χ4n) is 0.974. The summed E-state index contributed by atoms with van der Waals surface area (Å²) >= 11 is 0. The van der Waals surface area contributed by atoms with Crippen molar-refractivity contribution in [2.45, 2.75) is 18.5 Å². The van der Waals surface area contributed by atoms with E-state index in [-0.39, 0.29) is 6.61 Å². The molecule has 0 saturated carbocycles. The number of aliphatic hydroxyl groups excluding tert-OH is 3. The highest BCUT2D eigenvalue weighted by Gasteiger charge is 2.35. The lowest BCUT2D eigenvalue weighted by Gasteiger charge is -2.32. The summed E-state index contributed by atoms with van der Waals surface area (Å²) in [4.78, 5) is 0. The maximum Gasteiger partial charge on any atom is 0.280 e. The molecule has 1 saturated heterocycles. The molecule has 3 atom stereocenters. The number of ether oxygens (including phenoxy) is 3. The first-order valence-electron chi connectivity index (χ1n) is 3.84. The van der Waals surface area contributed by atoms with E-state index in [4.69, 9.17) is 24.8 Å². The minimum absolute atomic E-state index is 0.0598. The van der Waals surface area contributed by atoms with Gasteiger partial charge in [-0.25, -0.2) is 0 Å². The summed E-state index contributed by atoms with van der Waals surface area (Å²) in [5, 5.41) is 26.9. The summed E-state index contributed by atoms with van der Waals surface area (Å²) in [5.74, 6) is 0. The van der Waals surface area contributed by atoms with Crippen LogP contribution in [-0.2, 0) is 14.2 Å². The summed E-state index contributed by atoms with van der Waals surface area (Å²) < 4.78 is 14.5. The Hall–Kier alpha value is -0.240. The summed E-state index contributed by atoms with van der Waals surface area (Å²) in [5.41, 5.74) is 0. The van der Waals surface area contributed by atoms with Gasteiger partial charge in [-0.15, -0.1) is 0 Å². The van der Waals surface area contributed by atoms with Crippen molar-refractivity contribution in [3.63, 3.8) is 0 Å². The molecule has 3 N–H and O–H groups in total. The molecule has 6 heteroatoms. The minimum atomic E-state index is -1.07. The molecule has 77 valence electrons. The van der Waals surface area contributed by atoms with Gasteiger partial charge in [0.25, 0.3) is 6.29 Å². The molecule has 1 aliphatic rings. The predicted molar refractivity (Wildman–Crippen MR) is 39.9 cm³/mol. The van der Waals surface area contributed by atoms with Gasteiger partial charge in [0.2, 0.25) is 6.29 Å². The lowest BCUT2D eigenvalue weighted by atomic mass is 10.2. The Balaban J connectivity index is 2.40. The molecule has 6 nitrogen and oxygen atoms in total. The van der Waals surface area contributed by atoms with Crippen molar-refractivity contribution < 1.29 is 29.5 Å². The van der Waals surface area contributed by atoms with Crippen LogP contribution in [-0.4, -0.2) is 54.1 Å². The van der Waals surface area contributed by atoms with Crippen LogP contribution in [0.3, 0.4) is 0 Å². The number of hydrogen-bond donors (Lipinski definition) is 3. The zero-order valence-electron chi connectivity index (χ0n) is 7.21. The largest absolute Gasteiger partial charge is 0.394 e. The standard InChI is InChI=1S/C7H13O6/c1-11-7-6(10)13-5(3-12-7)4(9)2-8/h4-5,7-10H,2-3H2,1H3. The quantitative estimate of drug-likeness (QED) is 0.510. The van der Waals surface area contributed by atoms with E-state index in [1.165, 1.54) is 7.11 Å². The number of hydrogen-bond acceptors (Lipinski definition) is 6. The second kappa shape index (κ2) is 4.85. The van der Waals surface area contributed by atoms with Gasteiger partial charge in [0.15, 0.2) is 0 Å². The smallest absolute Gasteiger partial charge is 0.280 e. The maximum atomic E-state index is 9.14. The zero-order valence-corrected chi connectivity index (χ0v) is 7.21. The first-order valence-corrected chi connectivity index (χ1v) is 3.84. The van der Waals surface area contributed by atoms with Crippen LogP contribution in [0.25, 0.3) is 0 Å². The first kappa shape index (κ1) is 10.8. The van der Waals surface area contributed by atoms with Gasteiger partial charge in [-0.2, -0.15) is 0 Å². The highest BCUT2D eigenvalue weighted by Crippen LogP contribution is 2.20. The van der Waals surface area contributed by atoms with Gasteiger partial charge in [-0.1, -0.05) is 0 Å². The zero-order chi connectivity index (χ0) is 9.84. The molecule has 0 amide bonds. The molecule has 1 aliphatic heterocycles. The summed E-state index contributed by atoms with van der Waals surface area (Å²) in [6.45, 7) is -0.386. The molecular formula is C7H13O6. The molecular weight excluding hydrogens is 180 g/mol. The van der Waals surface area contributed by atoms with Crippen LogP contribution in [0.1, 0.15) is 0 Å². The lowest BCUT2D eigenvalue weighted by Crippen LogP contribution is -2.46. The van der Waals surface area contributed by atoms with Gasteiger partial charge >= 0.3 is 0 Å². The lowest BCUT2D eigenvalue weighted by molar-refractivity contribution is -0.276. The molecule has 0 spiro atoms. The maximum absolute atomic E-state index is 9.14. The van der Waals surface area contributed by atoms with Crippen LogP contribution < -0.4 is 0 Å². The van der Waals surface area contributed by atoms with E-state index in [2.05, 4.69) is 4.74 Å². The Labute approximate surface area is 75.6 Å². The van der Waals surface area contributed by atoms with Gasteiger partial charge in [-0.05, 0) is 0 Å². The van der Waals surface area contributed by atoms with Crippen molar-refractivity contribution in [3.05, 3.63) is 6.29 Å². The molecule has 0 aromatic carbocycles. The Bertz CT molecular complexity index is 152. The van der Waals surface area contributed by atoms with E-state index >= 15 is 0 Å². The van der Waals surface area contributed by atoms with Crippen LogP contribution in [0.15, 0.2) is 0 Å². The number of aliphatic hydroxyl groups is 3. The third-order valence-corrected chi connectivity index (χ3v) is 1.72. The van der Waals surface area contributed by atoms with Gasteiger partial charge < -0.3 is 29.5 Å². The fraction of sp³-hybridized carbons (Fsp3) is 0.857. The van der Waals surface area contributed by atoms with E-state index in [1.807, 2.05) is 0 Å². The summed E-state index contributed by atoms with van der Waals surface area (Å²) in [7, 11) is 1.35. The molecule has 1 heterocycles. The SMILES string of the molecule is COC1OCC(C(O)CO)O[C]1O. The molecule has 0 aromatic heterocycles. The average molecular weight is 193 g/mol. The minimum Gasteiger partial charge on any atom is -0.394 e. The predicted octanol–water partition coefficient (Wildman–Crippen LogP) is -1.41. The van der Waals surface area contributed by atoms with Gasteiger partial charge in [0.05, 0.1) is 13.2 Å². The third kappa shape index (κ3) is 2.60. The Kier molecular flexibility index (Phi) is 4.04. The van der Waals surface area contributed by atoms with Gasteiger partial charge in [0, 0.05) is 7.11 Å². The summed E-state index contributed by atoms with van der Waals surface area (Å²) in [6.07, 6.45) is -3.18. The second-order valence-electron chi connectivity index (χ2n) is 2.65. The molecule has 1 rings (SSSR count). The Morgan fingerprint density at radius 2 is 2.38 bits per heavy atom. The van der Waals surface area contributed by atoms with E-state index in [9.17, 15) is 0 Å². The molecule has 1 radical (unpaired) electrons. The molecule has 0 aromatic rings. The van der Waals surface area contributed by atoms with Crippen molar-refractivity contribution >= 4 is 0 Å². The summed E-state index contributed by atoms with van der Waals surface area (Å²) in [6, 6.07) is 0. The van der Waals surface area contributed by atoms with Crippen LogP contribution in [0, 0.1) is 6.29 Å². The second-order valence-corrected chi connectivity index (χ2v) is 2.65. The Morgan fingerprint density at radius 3 is 2.85 bits per heavy atom. The normalized spacial score (nSPS) is 33.2. The van der Waals surface area contributed by atoms with Gasteiger partial charge in [0.1, 0.15) is 12.2 Å². The first-order chi connectivity index (χ1) is 6.19. The number of methoxy groups -OCH3 is 1. The highest BCUT2D eigenvalue weighted by molar-refractivity contribution is 4.80. The molecule has 13 heavy (non-hydrogen) atoms. The van der Waals surface area contributed by atoms with Crippen molar-refractivity contribution in [3.8, 4) is 0 Å². The molecule has 3 unspecified atom stereocenters. The van der Waals surface area contributed by atoms with Crippen LogP contribution >= 0.6 is 0 Å². The third-order valence-electron chi connectivity index (χ3n) is 1.72. The monoisotopic (exact) mass is 193 g/mol. The van der Waals surface area contributed by atoms with Crippen molar-refractivity contribution in [2.75, 3.05) is 20.3 Å². The Morgan fingerprint density at radius 1 is 1.69 bits per heavy atom. The van der Waals surface area contributed by atoms with E-state index in [1.54, 1.807) is 0 Å². The average Bonchev–Trinajstić information content (AvgIpc) is 2.16.